The SMILES string of the molecule is c1ccc(-c2cc(-c3ccccc3)cc(-c3ccc4c(c3)c3ccnc(-c5ccccc5)c3n4-c3ccccc3)c2)cc1. The summed E-state index contributed by atoms with van der Waals surface area (Å²) in [7, 11) is 0. The molecule has 0 radical (unpaired) electrons. The van der Waals surface area contributed by atoms with Gasteiger partial charge >= 0.3 is 0 Å². The smallest absolute Gasteiger partial charge is 0.0948 e. The third kappa shape index (κ3) is 4.50. The van der Waals surface area contributed by atoms with Gasteiger partial charge in [-0.2, -0.15) is 0 Å². The molecule has 0 spiro atoms. The largest absolute Gasteiger partial charge is 0.307 e. The summed E-state index contributed by atoms with van der Waals surface area (Å²) in [5.74, 6) is 0. The lowest BCUT2D eigenvalue weighted by molar-refractivity contribution is 1.17. The highest BCUT2D eigenvalue weighted by atomic mass is 15.0. The molecule has 0 fully saturated rings. The molecular formula is C41H28N2. The van der Waals surface area contributed by atoms with Crippen LogP contribution < -0.4 is 0 Å². The Morgan fingerprint density at radius 3 is 1.47 bits per heavy atom. The maximum absolute atomic E-state index is 4.91. The van der Waals surface area contributed by atoms with Crippen molar-refractivity contribution in [2.24, 2.45) is 0 Å². The van der Waals surface area contributed by atoms with Crippen LogP contribution in [0.5, 0.6) is 0 Å². The standard InChI is InChI=1S/C41H28N2/c1-5-13-29(14-6-1)33-25-34(30-15-7-2-8-16-30)27-35(26-33)32-21-22-39-38(28-32)37-23-24-42-40(31-17-9-3-10-18-31)41(37)43(39)36-19-11-4-12-20-36/h1-28H. The Bertz CT molecular complexity index is 2140. The van der Waals surface area contributed by atoms with Crippen LogP contribution in [0.15, 0.2) is 170 Å². The summed E-state index contributed by atoms with van der Waals surface area (Å²) in [5.41, 5.74) is 12.7. The summed E-state index contributed by atoms with van der Waals surface area (Å²) in [6.07, 6.45) is 1.94. The third-order valence-electron chi connectivity index (χ3n) is 8.22. The monoisotopic (exact) mass is 548 g/mol. The second-order valence-corrected chi connectivity index (χ2v) is 10.9. The number of pyridine rings is 1. The van der Waals surface area contributed by atoms with Crippen LogP contribution in [0.25, 0.3) is 72.1 Å². The van der Waals surface area contributed by atoms with Gasteiger partial charge in [0.25, 0.3) is 0 Å². The molecule has 0 aliphatic rings. The molecule has 8 rings (SSSR count). The minimum Gasteiger partial charge on any atom is -0.307 e. The molecule has 0 amide bonds. The van der Waals surface area contributed by atoms with E-state index in [1.165, 1.54) is 44.2 Å². The van der Waals surface area contributed by atoms with Crippen molar-refractivity contribution in [1.29, 1.82) is 0 Å². The van der Waals surface area contributed by atoms with Crippen LogP contribution in [0.3, 0.4) is 0 Å². The van der Waals surface area contributed by atoms with Gasteiger partial charge in [-0.05, 0) is 81.9 Å². The Morgan fingerprint density at radius 1 is 0.372 bits per heavy atom. The number of hydrogen-bond acceptors (Lipinski definition) is 1. The molecule has 43 heavy (non-hydrogen) atoms. The number of rotatable bonds is 5. The Balaban J connectivity index is 1.39. The molecule has 6 aromatic carbocycles. The van der Waals surface area contributed by atoms with Crippen LogP contribution in [0.1, 0.15) is 0 Å². The van der Waals surface area contributed by atoms with Crippen molar-refractivity contribution in [3.63, 3.8) is 0 Å². The highest BCUT2D eigenvalue weighted by molar-refractivity contribution is 6.14. The van der Waals surface area contributed by atoms with Crippen molar-refractivity contribution in [1.82, 2.24) is 9.55 Å². The Kier molecular flexibility index (Phi) is 6.16. The van der Waals surface area contributed by atoms with Gasteiger partial charge in [0.2, 0.25) is 0 Å². The van der Waals surface area contributed by atoms with Gasteiger partial charge in [0.1, 0.15) is 0 Å². The van der Waals surface area contributed by atoms with Gasteiger partial charge in [-0.15, -0.1) is 0 Å². The first-order valence-corrected chi connectivity index (χ1v) is 14.6. The van der Waals surface area contributed by atoms with Gasteiger partial charge in [0.05, 0.1) is 16.7 Å². The molecule has 2 heteroatoms. The number of aromatic nitrogens is 2. The Labute approximate surface area is 251 Å². The van der Waals surface area contributed by atoms with Crippen molar-refractivity contribution in [2.75, 3.05) is 0 Å². The fourth-order valence-electron chi connectivity index (χ4n) is 6.19. The van der Waals surface area contributed by atoms with E-state index in [-0.39, 0.29) is 0 Å². The molecule has 8 aromatic rings. The Hall–Kier alpha value is -5.73. The maximum atomic E-state index is 4.91. The number of benzene rings is 6. The molecule has 0 saturated carbocycles. The van der Waals surface area contributed by atoms with Crippen molar-refractivity contribution in [2.45, 2.75) is 0 Å². The van der Waals surface area contributed by atoms with E-state index in [9.17, 15) is 0 Å². The van der Waals surface area contributed by atoms with Crippen molar-refractivity contribution < 1.29 is 0 Å². The molecule has 2 heterocycles. The fraction of sp³-hybridized carbons (Fsp3) is 0. The second kappa shape index (κ2) is 10.6. The average Bonchev–Trinajstić information content (AvgIpc) is 3.43. The van der Waals surface area contributed by atoms with E-state index in [0.29, 0.717) is 0 Å². The molecule has 0 aliphatic heterocycles. The Morgan fingerprint density at radius 2 is 0.884 bits per heavy atom. The molecule has 0 saturated heterocycles. The van der Waals surface area contributed by atoms with E-state index in [1.807, 2.05) is 6.20 Å². The second-order valence-electron chi connectivity index (χ2n) is 10.9. The summed E-state index contributed by atoms with van der Waals surface area (Å²) in [6, 6.07) is 58.3. The number of nitrogens with zero attached hydrogens (tertiary/aromatic N) is 2. The zero-order chi connectivity index (χ0) is 28.6. The molecule has 0 N–H and O–H groups in total. The average molecular weight is 549 g/mol. The van der Waals surface area contributed by atoms with Gasteiger partial charge in [-0.3, -0.25) is 4.98 Å². The van der Waals surface area contributed by atoms with Crippen LogP contribution in [0.4, 0.5) is 0 Å². The summed E-state index contributed by atoms with van der Waals surface area (Å²) in [5, 5.41) is 2.40. The molecule has 0 aliphatic carbocycles. The highest BCUT2D eigenvalue weighted by Gasteiger charge is 2.18. The van der Waals surface area contributed by atoms with Crippen molar-refractivity contribution in [3.05, 3.63) is 170 Å². The summed E-state index contributed by atoms with van der Waals surface area (Å²) in [6.45, 7) is 0. The van der Waals surface area contributed by atoms with Crippen LogP contribution in [-0.4, -0.2) is 9.55 Å². The van der Waals surface area contributed by atoms with Crippen LogP contribution >= 0.6 is 0 Å². The predicted molar refractivity (Wildman–Crippen MR) is 180 cm³/mol. The summed E-state index contributed by atoms with van der Waals surface area (Å²) < 4.78 is 2.36. The molecule has 2 aromatic heterocycles. The lowest BCUT2D eigenvalue weighted by Crippen LogP contribution is -1.96. The van der Waals surface area contributed by atoms with Gasteiger partial charge in [-0.1, -0.05) is 115 Å². The molecule has 0 bridgehead atoms. The summed E-state index contributed by atoms with van der Waals surface area (Å²) >= 11 is 0. The molecular weight excluding hydrogens is 520 g/mol. The first-order chi connectivity index (χ1) is 21.3. The first-order valence-electron chi connectivity index (χ1n) is 14.6. The normalized spacial score (nSPS) is 11.3. The van der Waals surface area contributed by atoms with Crippen LogP contribution in [0, 0.1) is 0 Å². The van der Waals surface area contributed by atoms with Crippen molar-refractivity contribution >= 4 is 21.8 Å². The van der Waals surface area contributed by atoms with E-state index in [2.05, 4.69) is 168 Å². The molecule has 202 valence electrons. The zero-order valence-corrected chi connectivity index (χ0v) is 23.6. The van der Waals surface area contributed by atoms with Gasteiger partial charge in [0, 0.05) is 28.2 Å². The van der Waals surface area contributed by atoms with E-state index >= 15 is 0 Å². The van der Waals surface area contributed by atoms with Gasteiger partial charge < -0.3 is 4.57 Å². The quantitative estimate of drug-likeness (QED) is 0.209. The molecule has 2 nitrogen and oxygen atoms in total. The number of hydrogen-bond donors (Lipinski definition) is 0. The van der Waals surface area contributed by atoms with E-state index in [0.717, 1.165) is 28.0 Å². The third-order valence-corrected chi connectivity index (χ3v) is 8.22. The fourth-order valence-corrected chi connectivity index (χ4v) is 6.19. The zero-order valence-electron chi connectivity index (χ0n) is 23.6. The van der Waals surface area contributed by atoms with Crippen molar-refractivity contribution in [3.8, 4) is 50.3 Å². The predicted octanol–water partition coefficient (Wildman–Crippen LogP) is 10.8. The number of para-hydroxylation sites is 1. The van der Waals surface area contributed by atoms with Gasteiger partial charge in [0.15, 0.2) is 0 Å². The minimum absolute atomic E-state index is 0.983. The summed E-state index contributed by atoms with van der Waals surface area (Å²) in [4.78, 5) is 4.91. The van der Waals surface area contributed by atoms with E-state index in [4.69, 9.17) is 4.98 Å². The van der Waals surface area contributed by atoms with E-state index < -0.39 is 0 Å². The molecule has 0 atom stereocenters. The lowest BCUT2D eigenvalue weighted by atomic mass is 9.93. The van der Waals surface area contributed by atoms with Crippen LogP contribution in [0.2, 0.25) is 0 Å². The highest BCUT2D eigenvalue weighted by Crippen LogP contribution is 2.40. The van der Waals surface area contributed by atoms with E-state index in [1.54, 1.807) is 0 Å². The topological polar surface area (TPSA) is 17.8 Å². The maximum Gasteiger partial charge on any atom is 0.0948 e. The van der Waals surface area contributed by atoms with Gasteiger partial charge in [-0.25, -0.2) is 0 Å². The number of fused-ring (bicyclic) bond motifs is 3. The first kappa shape index (κ1) is 25.0. The molecule has 0 unspecified atom stereocenters. The lowest BCUT2D eigenvalue weighted by Gasteiger charge is -2.12. The van der Waals surface area contributed by atoms with Crippen LogP contribution in [-0.2, 0) is 0 Å². The minimum atomic E-state index is 0.983.